The molecule has 1 atom stereocenters. The molecule has 1 unspecified atom stereocenters. The molecule has 0 saturated carbocycles. The minimum absolute atomic E-state index is 0.550. The number of nitrogens with two attached hydrogens (primary N) is 1. The molecule has 0 bridgehead atoms. The first-order valence-corrected chi connectivity index (χ1v) is 6.96. The second-order valence-corrected chi connectivity index (χ2v) is 5.92. The van der Waals surface area contributed by atoms with Crippen molar-refractivity contribution in [3.63, 3.8) is 0 Å². The molecular formula is C12H17ClN2S. The first kappa shape index (κ1) is 12.1. The summed E-state index contributed by atoms with van der Waals surface area (Å²) in [6, 6.07) is 6.28. The lowest BCUT2D eigenvalue weighted by Gasteiger charge is -2.33. The lowest BCUT2D eigenvalue weighted by Crippen LogP contribution is -2.41. The van der Waals surface area contributed by atoms with E-state index in [9.17, 15) is 0 Å². The van der Waals surface area contributed by atoms with Gasteiger partial charge < -0.3 is 10.6 Å². The summed E-state index contributed by atoms with van der Waals surface area (Å²) in [4.78, 5) is 2.37. The first-order valence-electron chi connectivity index (χ1n) is 5.53. The molecule has 0 aromatic heterocycles. The van der Waals surface area contributed by atoms with Gasteiger partial charge >= 0.3 is 0 Å². The molecule has 1 aliphatic rings. The average Bonchev–Trinajstić information content (AvgIpc) is 2.33. The van der Waals surface area contributed by atoms with Crippen molar-refractivity contribution in [1.29, 1.82) is 0 Å². The van der Waals surface area contributed by atoms with Gasteiger partial charge in [0.05, 0.1) is 0 Å². The van der Waals surface area contributed by atoms with Crippen LogP contribution in [-0.2, 0) is 0 Å². The zero-order valence-electron chi connectivity index (χ0n) is 9.45. The van der Waals surface area contributed by atoms with Crippen LogP contribution in [0.1, 0.15) is 5.56 Å². The Kier molecular flexibility index (Phi) is 4.00. The number of aryl methyl sites for hydroxylation is 1. The number of benzene rings is 1. The highest BCUT2D eigenvalue weighted by Gasteiger charge is 2.19. The van der Waals surface area contributed by atoms with Crippen molar-refractivity contribution >= 4 is 29.1 Å². The number of nitrogens with zero attached hydrogens (tertiary/aromatic N) is 1. The van der Waals surface area contributed by atoms with Gasteiger partial charge in [-0.25, -0.2) is 0 Å². The van der Waals surface area contributed by atoms with Gasteiger partial charge in [0, 0.05) is 41.3 Å². The van der Waals surface area contributed by atoms with Crippen LogP contribution in [0, 0.1) is 6.92 Å². The number of hydrogen-bond donors (Lipinski definition) is 1. The van der Waals surface area contributed by atoms with Crippen LogP contribution in [0.5, 0.6) is 0 Å². The fourth-order valence-corrected chi connectivity index (χ4v) is 3.13. The van der Waals surface area contributed by atoms with Gasteiger partial charge in [0.1, 0.15) is 0 Å². The third kappa shape index (κ3) is 2.65. The third-order valence-electron chi connectivity index (χ3n) is 2.92. The van der Waals surface area contributed by atoms with E-state index in [1.54, 1.807) is 0 Å². The molecule has 0 aliphatic carbocycles. The van der Waals surface area contributed by atoms with E-state index in [1.807, 2.05) is 18.7 Å². The van der Waals surface area contributed by atoms with Crippen molar-refractivity contribution in [2.24, 2.45) is 5.73 Å². The summed E-state index contributed by atoms with van der Waals surface area (Å²) < 4.78 is 0. The quantitative estimate of drug-likeness (QED) is 0.882. The van der Waals surface area contributed by atoms with E-state index in [2.05, 4.69) is 23.1 Å². The lowest BCUT2D eigenvalue weighted by molar-refractivity contribution is 0.748. The Balaban J connectivity index is 2.13. The Morgan fingerprint density at radius 3 is 3.06 bits per heavy atom. The van der Waals surface area contributed by atoms with E-state index in [-0.39, 0.29) is 0 Å². The highest BCUT2D eigenvalue weighted by Crippen LogP contribution is 2.27. The van der Waals surface area contributed by atoms with Crippen molar-refractivity contribution in [2.75, 3.05) is 30.3 Å². The maximum Gasteiger partial charge on any atom is 0.0455 e. The van der Waals surface area contributed by atoms with E-state index in [0.717, 1.165) is 36.0 Å². The molecule has 2 N–H and O–H groups in total. The maximum absolute atomic E-state index is 6.15. The van der Waals surface area contributed by atoms with Gasteiger partial charge in [-0.2, -0.15) is 11.8 Å². The lowest BCUT2D eigenvalue weighted by atomic mass is 10.2. The molecule has 2 rings (SSSR count). The Bertz CT molecular complexity index is 370. The van der Waals surface area contributed by atoms with Crippen LogP contribution >= 0.6 is 23.4 Å². The van der Waals surface area contributed by atoms with E-state index < -0.39 is 0 Å². The Labute approximate surface area is 106 Å². The van der Waals surface area contributed by atoms with Crippen LogP contribution in [0.4, 0.5) is 5.69 Å². The van der Waals surface area contributed by atoms with Crippen LogP contribution < -0.4 is 10.6 Å². The Hall–Kier alpha value is -0.380. The monoisotopic (exact) mass is 256 g/mol. The molecule has 1 aromatic rings. The van der Waals surface area contributed by atoms with Gasteiger partial charge in [-0.1, -0.05) is 17.7 Å². The van der Waals surface area contributed by atoms with Crippen molar-refractivity contribution < 1.29 is 0 Å². The largest absolute Gasteiger partial charge is 0.370 e. The molecule has 1 aliphatic heterocycles. The molecule has 2 nitrogen and oxygen atoms in total. The summed E-state index contributed by atoms with van der Waals surface area (Å²) >= 11 is 8.12. The summed E-state index contributed by atoms with van der Waals surface area (Å²) in [6.45, 7) is 4.89. The number of halogens is 1. The Morgan fingerprint density at radius 2 is 2.38 bits per heavy atom. The summed E-state index contributed by atoms with van der Waals surface area (Å²) in [7, 11) is 0. The zero-order chi connectivity index (χ0) is 11.5. The van der Waals surface area contributed by atoms with Crippen molar-refractivity contribution in [3.8, 4) is 0 Å². The highest BCUT2D eigenvalue weighted by atomic mass is 35.5. The molecule has 0 spiro atoms. The fourth-order valence-electron chi connectivity index (χ4n) is 1.87. The number of anilines is 1. The first-order chi connectivity index (χ1) is 7.70. The van der Waals surface area contributed by atoms with Gasteiger partial charge in [-0.3, -0.25) is 0 Å². The van der Waals surface area contributed by atoms with E-state index >= 15 is 0 Å². The van der Waals surface area contributed by atoms with Crippen molar-refractivity contribution in [1.82, 2.24) is 0 Å². The number of rotatable bonds is 2. The molecule has 4 heteroatoms. The maximum atomic E-state index is 6.15. The number of thioether (sulfide) groups is 1. The summed E-state index contributed by atoms with van der Waals surface area (Å²) in [5, 5.41) is 1.40. The molecule has 1 saturated heterocycles. The van der Waals surface area contributed by atoms with E-state index in [1.165, 1.54) is 5.69 Å². The minimum atomic E-state index is 0.550. The second-order valence-electron chi connectivity index (χ2n) is 4.11. The molecule has 0 amide bonds. The van der Waals surface area contributed by atoms with E-state index in [0.29, 0.717) is 5.25 Å². The molecule has 0 radical (unpaired) electrons. The van der Waals surface area contributed by atoms with Crippen molar-refractivity contribution in [2.45, 2.75) is 12.2 Å². The van der Waals surface area contributed by atoms with Crippen molar-refractivity contribution in [3.05, 3.63) is 28.8 Å². The zero-order valence-corrected chi connectivity index (χ0v) is 11.0. The second kappa shape index (κ2) is 5.30. The topological polar surface area (TPSA) is 29.3 Å². The standard InChI is InChI=1S/C12H17ClN2S/c1-9-2-3-10(6-12(9)13)15-4-5-16-11(7-14)8-15/h2-3,6,11H,4-5,7-8,14H2,1H3. The fraction of sp³-hybridized carbons (Fsp3) is 0.500. The summed E-state index contributed by atoms with van der Waals surface area (Å²) in [5.74, 6) is 1.15. The molecule has 1 aromatic carbocycles. The van der Waals surface area contributed by atoms with Gasteiger partial charge in [-0.15, -0.1) is 0 Å². The van der Waals surface area contributed by atoms with Crippen LogP contribution in [-0.4, -0.2) is 30.6 Å². The van der Waals surface area contributed by atoms with Gasteiger partial charge in [0.25, 0.3) is 0 Å². The average molecular weight is 257 g/mol. The normalized spacial score (nSPS) is 21.2. The molecule has 1 fully saturated rings. The highest BCUT2D eigenvalue weighted by molar-refractivity contribution is 8.00. The van der Waals surface area contributed by atoms with Crippen LogP contribution in [0.15, 0.2) is 18.2 Å². The minimum Gasteiger partial charge on any atom is -0.370 e. The molecular weight excluding hydrogens is 240 g/mol. The third-order valence-corrected chi connectivity index (χ3v) is 4.56. The van der Waals surface area contributed by atoms with Crippen LogP contribution in [0.2, 0.25) is 5.02 Å². The SMILES string of the molecule is Cc1ccc(N2CCSC(CN)C2)cc1Cl. The summed E-state index contributed by atoms with van der Waals surface area (Å²) in [6.07, 6.45) is 0. The molecule has 88 valence electrons. The van der Waals surface area contributed by atoms with Gasteiger partial charge in [0.15, 0.2) is 0 Å². The van der Waals surface area contributed by atoms with Gasteiger partial charge in [-0.05, 0) is 24.6 Å². The van der Waals surface area contributed by atoms with Crippen LogP contribution in [0.25, 0.3) is 0 Å². The predicted octanol–water partition coefficient (Wildman–Crippen LogP) is 2.53. The predicted molar refractivity (Wildman–Crippen MR) is 73.7 cm³/mol. The molecule has 16 heavy (non-hydrogen) atoms. The smallest absolute Gasteiger partial charge is 0.0455 e. The van der Waals surface area contributed by atoms with Crippen LogP contribution in [0.3, 0.4) is 0 Å². The Morgan fingerprint density at radius 1 is 1.56 bits per heavy atom. The summed E-state index contributed by atoms with van der Waals surface area (Å²) in [5.41, 5.74) is 8.07. The molecule has 1 heterocycles. The van der Waals surface area contributed by atoms with Gasteiger partial charge in [0.2, 0.25) is 0 Å². The van der Waals surface area contributed by atoms with E-state index in [4.69, 9.17) is 17.3 Å². The number of hydrogen-bond acceptors (Lipinski definition) is 3.